The van der Waals surface area contributed by atoms with Crippen molar-refractivity contribution in [3.8, 4) is 6.07 Å². The van der Waals surface area contributed by atoms with Crippen LogP contribution < -0.4 is 0 Å². The number of rotatable bonds is 5. The summed E-state index contributed by atoms with van der Waals surface area (Å²) in [7, 11) is 1.73. The molecule has 0 rings (SSSR count). The van der Waals surface area contributed by atoms with Gasteiger partial charge >= 0.3 is 0 Å². The molecule has 0 fully saturated rings. The molecule has 13 heavy (non-hydrogen) atoms. The Kier molecular flexibility index (Phi) is 5.41. The molecule has 0 aliphatic rings. The van der Waals surface area contributed by atoms with Crippen LogP contribution in [0.2, 0.25) is 0 Å². The van der Waals surface area contributed by atoms with Crippen LogP contribution in [-0.2, 0) is 4.74 Å². The predicted octanol–water partition coefficient (Wildman–Crippen LogP) is 3.05. The third-order valence-electron chi connectivity index (χ3n) is 2.21. The van der Waals surface area contributed by atoms with Crippen LogP contribution in [0.5, 0.6) is 0 Å². The first kappa shape index (κ1) is 12.2. The molecule has 0 bridgehead atoms. The standard InChI is InChI=1S/C11H19NO/c1-10(7-9-12)6-5-8-11(2,3)13-4/h7H,5-6,8H2,1-4H3/b10-7+. The van der Waals surface area contributed by atoms with Crippen LogP contribution in [0.1, 0.15) is 40.0 Å². The van der Waals surface area contributed by atoms with E-state index in [1.54, 1.807) is 13.2 Å². The molecule has 0 heterocycles. The first-order valence-electron chi connectivity index (χ1n) is 4.62. The lowest BCUT2D eigenvalue weighted by Gasteiger charge is -2.22. The van der Waals surface area contributed by atoms with E-state index in [0.29, 0.717) is 0 Å². The van der Waals surface area contributed by atoms with E-state index in [9.17, 15) is 0 Å². The van der Waals surface area contributed by atoms with Gasteiger partial charge in [-0.05, 0) is 40.0 Å². The number of ether oxygens (including phenoxy) is 1. The number of hydrogen-bond acceptors (Lipinski definition) is 2. The van der Waals surface area contributed by atoms with Gasteiger partial charge in [0.25, 0.3) is 0 Å². The SMILES string of the molecule is COC(C)(C)CCC/C(C)=C/C#N. The minimum Gasteiger partial charge on any atom is -0.379 e. The van der Waals surface area contributed by atoms with Crippen LogP contribution in [0.15, 0.2) is 11.6 Å². The fourth-order valence-corrected chi connectivity index (χ4v) is 1.08. The lowest BCUT2D eigenvalue weighted by atomic mass is 9.99. The summed E-state index contributed by atoms with van der Waals surface area (Å²) in [5, 5.41) is 8.39. The van der Waals surface area contributed by atoms with E-state index in [2.05, 4.69) is 13.8 Å². The van der Waals surface area contributed by atoms with Crippen molar-refractivity contribution in [3.63, 3.8) is 0 Å². The van der Waals surface area contributed by atoms with Gasteiger partial charge in [0.2, 0.25) is 0 Å². The van der Waals surface area contributed by atoms with E-state index < -0.39 is 0 Å². The van der Waals surface area contributed by atoms with Crippen molar-refractivity contribution in [3.05, 3.63) is 11.6 Å². The van der Waals surface area contributed by atoms with Gasteiger partial charge in [-0.1, -0.05) is 5.57 Å². The normalized spacial score (nSPS) is 12.7. The van der Waals surface area contributed by atoms with Gasteiger partial charge in [-0.15, -0.1) is 0 Å². The van der Waals surface area contributed by atoms with Gasteiger partial charge in [0.1, 0.15) is 0 Å². The highest BCUT2D eigenvalue weighted by Crippen LogP contribution is 2.18. The van der Waals surface area contributed by atoms with E-state index in [1.165, 1.54) is 0 Å². The summed E-state index contributed by atoms with van der Waals surface area (Å²) < 4.78 is 5.29. The van der Waals surface area contributed by atoms with E-state index in [4.69, 9.17) is 10.00 Å². The molecule has 0 aromatic carbocycles. The number of allylic oxidation sites excluding steroid dienone is 2. The Morgan fingerprint density at radius 3 is 2.62 bits per heavy atom. The van der Waals surface area contributed by atoms with E-state index in [-0.39, 0.29) is 5.60 Å². The van der Waals surface area contributed by atoms with Crippen molar-refractivity contribution in [2.45, 2.75) is 45.6 Å². The third-order valence-corrected chi connectivity index (χ3v) is 2.21. The van der Waals surface area contributed by atoms with E-state index in [1.807, 2.05) is 13.0 Å². The summed E-state index contributed by atoms with van der Waals surface area (Å²) in [6.45, 7) is 6.15. The zero-order valence-electron chi connectivity index (χ0n) is 9.05. The lowest BCUT2D eigenvalue weighted by molar-refractivity contribution is 0.0140. The van der Waals surface area contributed by atoms with Crippen molar-refractivity contribution >= 4 is 0 Å². The van der Waals surface area contributed by atoms with Gasteiger partial charge < -0.3 is 4.74 Å². The van der Waals surface area contributed by atoms with E-state index in [0.717, 1.165) is 24.8 Å². The van der Waals surface area contributed by atoms with Gasteiger partial charge in [-0.2, -0.15) is 5.26 Å². The fourth-order valence-electron chi connectivity index (χ4n) is 1.08. The molecule has 0 aromatic rings. The highest BCUT2D eigenvalue weighted by atomic mass is 16.5. The number of methoxy groups -OCH3 is 1. The Balaban J connectivity index is 3.69. The highest BCUT2D eigenvalue weighted by molar-refractivity contribution is 5.10. The number of nitriles is 1. The second kappa shape index (κ2) is 5.77. The molecule has 74 valence electrons. The molecule has 2 heteroatoms. The minimum atomic E-state index is -0.0348. The van der Waals surface area contributed by atoms with Crippen molar-refractivity contribution < 1.29 is 4.74 Å². The van der Waals surface area contributed by atoms with Gasteiger partial charge in [0, 0.05) is 13.2 Å². The van der Waals surface area contributed by atoms with Crippen LogP contribution in [0, 0.1) is 11.3 Å². The molecule has 0 aliphatic carbocycles. The Bertz CT molecular complexity index is 211. The second-order valence-electron chi connectivity index (χ2n) is 3.94. The molecule has 0 saturated carbocycles. The summed E-state index contributed by atoms with van der Waals surface area (Å²) in [6, 6.07) is 2.04. The first-order valence-corrected chi connectivity index (χ1v) is 4.62. The molecular weight excluding hydrogens is 162 g/mol. The zero-order chi connectivity index (χ0) is 10.3. The Morgan fingerprint density at radius 1 is 1.54 bits per heavy atom. The van der Waals surface area contributed by atoms with Gasteiger partial charge in [0.05, 0.1) is 11.7 Å². The summed E-state index contributed by atoms with van der Waals surface area (Å²) >= 11 is 0. The van der Waals surface area contributed by atoms with Gasteiger partial charge in [-0.25, -0.2) is 0 Å². The Labute approximate surface area is 81.2 Å². The van der Waals surface area contributed by atoms with Crippen LogP contribution in [-0.4, -0.2) is 12.7 Å². The number of hydrogen-bond donors (Lipinski definition) is 0. The fraction of sp³-hybridized carbons (Fsp3) is 0.727. The molecule has 0 saturated heterocycles. The zero-order valence-corrected chi connectivity index (χ0v) is 9.05. The van der Waals surface area contributed by atoms with Crippen molar-refractivity contribution in [1.29, 1.82) is 5.26 Å². The average Bonchev–Trinajstić information content (AvgIpc) is 2.05. The maximum absolute atomic E-state index is 8.39. The quantitative estimate of drug-likeness (QED) is 0.611. The molecule has 0 atom stereocenters. The molecule has 0 N–H and O–H groups in total. The maximum atomic E-state index is 8.39. The van der Waals surface area contributed by atoms with Crippen LogP contribution in [0.25, 0.3) is 0 Å². The Hall–Kier alpha value is -0.810. The average molecular weight is 181 g/mol. The molecule has 0 spiro atoms. The lowest BCUT2D eigenvalue weighted by Crippen LogP contribution is -2.21. The monoisotopic (exact) mass is 181 g/mol. The summed E-state index contributed by atoms with van der Waals surface area (Å²) in [4.78, 5) is 0. The highest BCUT2D eigenvalue weighted by Gasteiger charge is 2.14. The molecule has 2 nitrogen and oxygen atoms in total. The molecule has 0 radical (unpaired) electrons. The molecule has 0 amide bonds. The van der Waals surface area contributed by atoms with Crippen LogP contribution in [0.3, 0.4) is 0 Å². The largest absolute Gasteiger partial charge is 0.379 e. The number of nitrogens with zero attached hydrogens (tertiary/aromatic N) is 1. The second-order valence-corrected chi connectivity index (χ2v) is 3.94. The minimum absolute atomic E-state index is 0.0348. The Morgan fingerprint density at radius 2 is 2.15 bits per heavy atom. The third kappa shape index (κ3) is 6.36. The van der Waals surface area contributed by atoms with Crippen LogP contribution >= 0.6 is 0 Å². The summed E-state index contributed by atoms with van der Waals surface area (Å²) in [5.74, 6) is 0. The summed E-state index contributed by atoms with van der Waals surface area (Å²) in [6.07, 6.45) is 4.70. The molecular formula is C11H19NO. The molecule has 0 unspecified atom stereocenters. The predicted molar refractivity (Wildman–Crippen MR) is 54.3 cm³/mol. The van der Waals surface area contributed by atoms with Gasteiger partial charge in [0.15, 0.2) is 0 Å². The van der Waals surface area contributed by atoms with Crippen molar-refractivity contribution in [1.82, 2.24) is 0 Å². The van der Waals surface area contributed by atoms with Gasteiger partial charge in [-0.3, -0.25) is 0 Å². The van der Waals surface area contributed by atoms with Crippen molar-refractivity contribution in [2.75, 3.05) is 7.11 Å². The topological polar surface area (TPSA) is 33.0 Å². The summed E-state index contributed by atoms with van der Waals surface area (Å²) in [5.41, 5.74) is 1.11. The van der Waals surface area contributed by atoms with Crippen LogP contribution in [0.4, 0.5) is 0 Å². The molecule has 0 aliphatic heterocycles. The van der Waals surface area contributed by atoms with E-state index >= 15 is 0 Å². The maximum Gasteiger partial charge on any atom is 0.0911 e. The molecule has 0 aromatic heterocycles. The van der Waals surface area contributed by atoms with Crippen molar-refractivity contribution in [2.24, 2.45) is 0 Å². The smallest absolute Gasteiger partial charge is 0.0911 e. The first-order chi connectivity index (χ1) is 6.02.